The van der Waals surface area contributed by atoms with Gasteiger partial charge in [0.05, 0.1) is 11.2 Å². The number of hydrogen-bond donors (Lipinski definition) is 1. The number of carboxylic acids is 1. The van der Waals surface area contributed by atoms with E-state index in [1.807, 2.05) is 4.68 Å². The number of nitrogens with zero attached hydrogens (tertiary/aromatic N) is 5. The molecule has 0 radical (unpaired) electrons. The highest BCUT2D eigenvalue weighted by Gasteiger charge is 2.38. The second-order valence-corrected chi connectivity index (χ2v) is 8.86. The van der Waals surface area contributed by atoms with Crippen LogP contribution in [0.3, 0.4) is 0 Å². The Bertz CT molecular complexity index is 1140. The maximum absolute atomic E-state index is 10.6. The third kappa shape index (κ3) is 5.08. The van der Waals surface area contributed by atoms with Crippen LogP contribution in [-0.2, 0) is 11.2 Å². The van der Waals surface area contributed by atoms with Crippen molar-refractivity contribution >= 4 is 16.9 Å². The molecule has 2 fully saturated rings. The molecule has 0 bridgehead atoms. The molecule has 1 N–H and O–H groups in total. The van der Waals surface area contributed by atoms with Crippen molar-refractivity contribution in [1.82, 2.24) is 24.8 Å². The fraction of sp³-hybridized carbons (Fsp3) is 0.565. The highest BCUT2D eigenvalue weighted by Crippen LogP contribution is 2.33. The molecule has 184 valence electrons. The number of benzene rings is 1. The Morgan fingerprint density at radius 1 is 1.21 bits per heavy atom. The largest absolute Gasteiger partial charge is 0.490 e. The molecule has 1 aliphatic carbocycles. The fourth-order valence-corrected chi connectivity index (χ4v) is 4.45. The number of hydrogen-bond acceptors (Lipinski definition) is 6. The van der Waals surface area contributed by atoms with Crippen LogP contribution in [0.2, 0.25) is 0 Å². The number of piperidine rings is 1. The number of fused-ring (bicyclic) bond motifs is 1. The smallest absolute Gasteiger partial charge is 0.475 e. The van der Waals surface area contributed by atoms with Crippen molar-refractivity contribution in [1.29, 1.82) is 0 Å². The van der Waals surface area contributed by atoms with E-state index in [0.29, 0.717) is 11.9 Å². The number of rotatable bonds is 4. The minimum Gasteiger partial charge on any atom is -0.475 e. The quantitative estimate of drug-likeness (QED) is 0.582. The van der Waals surface area contributed by atoms with E-state index in [9.17, 15) is 13.2 Å². The van der Waals surface area contributed by atoms with E-state index in [2.05, 4.69) is 42.1 Å². The molecular formula is C23H28F3N5O3. The zero-order valence-electron chi connectivity index (χ0n) is 19.2. The standard InChI is InChI=1S/C21H27N5O.C2HF3O2/c1-3-18-17-8-7-14(2)13-19(17)26(23-18)21-22-20(27-24-21)15-9-11-25(12-10-15)16-5-4-6-16;3-2(4,5)1(6)7/h7-8,13,15-16H,3-6,9-12H2,1-2H3;(H,6,7). The van der Waals surface area contributed by atoms with Gasteiger partial charge < -0.3 is 14.5 Å². The lowest BCUT2D eigenvalue weighted by Crippen LogP contribution is -2.44. The molecular weight excluding hydrogens is 451 g/mol. The van der Waals surface area contributed by atoms with Gasteiger partial charge in [0.1, 0.15) is 0 Å². The first-order valence-electron chi connectivity index (χ1n) is 11.5. The van der Waals surface area contributed by atoms with Gasteiger partial charge in [0, 0.05) is 17.3 Å². The normalized spacial score (nSPS) is 17.9. The van der Waals surface area contributed by atoms with Crippen molar-refractivity contribution in [3.63, 3.8) is 0 Å². The summed E-state index contributed by atoms with van der Waals surface area (Å²) in [5.41, 5.74) is 3.34. The van der Waals surface area contributed by atoms with Crippen molar-refractivity contribution in [2.75, 3.05) is 13.1 Å². The van der Waals surface area contributed by atoms with E-state index in [1.165, 1.54) is 30.2 Å². The molecule has 0 amide bonds. The van der Waals surface area contributed by atoms with E-state index in [-0.39, 0.29) is 0 Å². The average molecular weight is 480 g/mol. The molecule has 34 heavy (non-hydrogen) atoms. The predicted octanol–water partition coefficient (Wildman–Crippen LogP) is 4.64. The van der Waals surface area contributed by atoms with E-state index < -0.39 is 12.1 Å². The van der Waals surface area contributed by atoms with Crippen molar-refractivity contribution in [2.45, 2.75) is 70.5 Å². The summed E-state index contributed by atoms with van der Waals surface area (Å²) in [5, 5.41) is 17.3. The summed E-state index contributed by atoms with van der Waals surface area (Å²) >= 11 is 0. The van der Waals surface area contributed by atoms with Crippen LogP contribution in [0.5, 0.6) is 0 Å². The molecule has 3 heterocycles. The van der Waals surface area contributed by atoms with E-state index in [4.69, 9.17) is 24.5 Å². The number of aryl methyl sites for hydroxylation is 2. The molecule has 0 unspecified atom stereocenters. The highest BCUT2D eigenvalue weighted by atomic mass is 19.4. The van der Waals surface area contributed by atoms with Gasteiger partial charge in [0.25, 0.3) is 5.95 Å². The zero-order valence-corrected chi connectivity index (χ0v) is 19.2. The zero-order chi connectivity index (χ0) is 24.5. The van der Waals surface area contributed by atoms with Crippen LogP contribution in [0.1, 0.15) is 62.1 Å². The molecule has 8 nitrogen and oxygen atoms in total. The van der Waals surface area contributed by atoms with E-state index >= 15 is 0 Å². The number of likely N-dealkylation sites (tertiary alicyclic amines) is 1. The van der Waals surface area contributed by atoms with Crippen LogP contribution in [0.15, 0.2) is 22.7 Å². The molecule has 11 heteroatoms. The predicted molar refractivity (Wildman–Crippen MR) is 118 cm³/mol. The monoisotopic (exact) mass is 479 g/mol. The van der Waals surface area contributed by atoms with Gasteiger partial charge in [-0.2, -0.15) is 27.9 Å². The first kappa shape index (κ1) is 24.2. The first-order valence-corrected chi connectivity index (χ1v) is 11.5. The topological polar surface area (TPSA) is 97.3 Å². The summed E-state index contributed by atoms with van der Waals surface area (Å²) in [6.07, 6.45) is 2.17. The van der Waals surface area contributed by atoms with Gasteiger partial charge in [0.15, 0.2) is 0 Å². The van der Waals surface area contributed by atoms with Gasteiger partial charge in [0.2, 0.25) is 5.89 Å². The van der Waals surface area contributed by atoms with Gasteiger partial charge in [-0.25, -0.2) is 4.79 Å². The third-order valence-corrected chi connectivity index (χ3v) is 6.58. The Morgan fingerprint density at radius 3 is 2.44 bits per heavy atom. The van der Waals surface area contributed by atoms with E-state index in [1.54, 1.807) is 0 Å². The van der Waals surface area contributed by atoms with Gasteiger partial charge in [-0.15, -0.1) is 0 Å². The Hall–Kier alpha value is -2.95. The van der Waals surface area contributed by atoms with Crippen molar-refractivity contribution in [3.05, 3.63) is 35.3 Å². The number of halogens is 3. The van der Waals surface area contributed by atoms with Gasteiger partial charge in [-0.1, -0.05) is 25.5 Å². The van der Waals surface area contributed by atoms with Crippen molar-refractivity contribution in [2.24, 2.45) is 0 Å². The van der Waals surface area contributed by atoms with Crippen LogP contribution >= 0.6 is 0 Å². The average Bonchev–Trinajstić information content (AvgIpc) is 3.37. The molecule has 5 rings (SSSR count). The number of alkyl halides is 3. The summed E-state index contributed by atoms with van der Waals surface area (Å²) in [4.78, 5) is 16.3. The number of carbonyl (C=O) groups is 1. The summed E-state index contributed by atoms with van der Waals surface area (Å²) in [5.74, 6) is -1.06. The fourth-order valence-electron chi connectivity index (χ4n) is 4.45. The third-order valence-electron chi connectivity index (χ3n) is 6.58. The van der Waals surface area contributed by atoms with Crippen LogP contribution in [0.4, 0.5) is 13.2 Å². The minimum absolute atomic E-state index is 0.372. The second-order valence-electron chi connectivity index (χ2n) is 8.86. The molecule has 1 saturated carbocycles. The Labute approximate surface area is 194 Å². The molecule has 1 saturated heterocycles. The number of aliphatic carboxylic acids is 1. The maximum atomic E-state index is 10.6. The molecule has 2 aromatic heterocycles. The minimum atomic E-state index is -5.08. The Morgan fingerprint density at radius 2 is 1.88 bits per heavy atom. The molecule has 0 atom stereocenters. The Kier molecular flexibility index (Phi) is 6.92. The highest BCUT2D eigenvalue weighted by molar-refractivity contribution is 5.83. The van der Waals surface area contributed by atoms with Gasteiger partial charge in [-0.05, 0) is 68.9 Å². The van der Waals surface area contributed by atoms with Crippen molar-refractivity contribution < 1.29 is 27.6 Å². The summed E-state index contributed by atoms with van der Waals surface area (Å²) in [6, 6.07) is 7.25. The van der Waals surface area contributed by atoms with E-state index in [0.717, 1.165) is 55.5 Å². The maximum Gasteiger partial charge on any atom is 0.490 e. The lowest BCUT2D eigenvalue weighted by Gasteiger charge is -2.41. The van der Waals surface area contributed by atoms with Crippen LogP contribution < -0.4 is 0 Å². The van der Waals surface area contributed by atoms with Crippen LogP contribution in [-0.4, -0.2) is 61.2 Å². The lowest BCUT2D eigenvalue weighted by molar-refractivity contribution is -0.192. The molecule has 1 aliphatic heterocycles. The molecule has 3 aromatic rings. The molecule has 0 spiro atoms. The SMILES string of the molecule is CCc1nn(-c2noc(C3CCN(C4CCC4)CC3)n2)c2cc(C)ccc12.O=C(O)C(F)(F)F. The Balaban J connectivity index is 0.000000344. The summed E-state index contributed by atoms with van der Waals surface area (Å²) in [7, 11) is 0. The van der Waals surface area contributed by atoms with Crippen molar-refractivity contribution in [3.8, 4) is 5.95 Å². The van der Waals surface area contributed by atoms with Crippen LogP contribution in [0.25, 0.3) is 16.9 Å². The summed E-state index contributed by atoms with van der Waals surface area (Å²) in [6.45, 7) is 6.53. The lowest BCUT2D eigenvalue weighted by atomic mass is 9.88. The number of aromatic nitrogens is 4. The molecule has 1 aromatic carbocycles. The van der Waals surface area contributed by atoms with Crippen LogP contribution in [0, 0.1) is 6.92 Å². The second kappa shape index (κ2) is 9.73. The van der Waals surface area contributed by atoms with Gasteiger partial charge >= 0.3 is 12.1 Å². The molecule has 2 aliphatic rings. The van der Waals surface area contributed by atoms with Gasteiger partial charge in [-0.3, -0.25) is 0 Å². The summed E-state index contributed by atoms with van der Waals surface area (Å²) < 4.78 is 39.3. The number of carboxylic acid groups (broad SMARTS) is 1. The first-order chi connectivity index (χ1) is 16.2.